The monoisotopic (exact) mass is 308 g/mol. The Morgan fingerprint density at radius 2 is 2.05 bits per heavy atom. The lowest BCUT2D eigenvalue weighted by Gasteiger charge is -2.14. The van der Waals surface area contributed by atoms with E-state index in [0.717, 1.165) is 6.07 Å². The number of alkyl halides is 3. The van der Waals surface area contributed by atoms with Gasteiger partial charge >= 0.3 is 6.18 Å². The van der Waals surface area contributed by atoms with Crippen molar-refractivity contribution in [3.63, 3.8) is 0 Å². The van der Waals surface area contributed by atoms with Crippen LogP contribution < -0.4 is 10.6 Å². The number of hydrogen-bond donors (Lipinski definition) is 2. The summed E-state index contributed by atoms with van der Waals surface area (Å²) in [5.74, 6) is -1.76. The van der Waals surface area contributed by atoms with Gasteiger partial charge in [0.1, 0.15) is 5.82 Å². The molecule has 21 heavy (non-hydrogen) atoms. The number of benzene rings is 1. The molecule has 0 saturated carbocycles. The Labute approximate surface area is 119 Å². The third-order valence-corrected chi connectivity index (χ3v) is 2.55. The molecule has 4 nitrogen and oxygen atoms in total. The molecule has 1 aromatic carbocycles. The molecule has 1 atom stereocenters. The maximum Gasteiger partial charge on any atom is 0.419 e. The maximum atomic E-state index is 13.1. The van der Waals surface area contributed by atoms with E-state index in [-0.39, 0.29) is 18.3 Å². The van der Waals surface area contributed by atoms with Crippen LogP contribution in [0.2, 0.25) is 0 Å². The van der Waals surface area contributed by atoms with Crippen molar-refractivity contribution < 1.29 is 27.1 Å². The molecule has 0 aliphatic carbocycles. The standard InChI is InChI=1S/C13H16F4N2O2/c1-8(7-21-2)19-12(20)6-18-9-3-4-11(14)10(5-9)13(15,16)17/h3-5,8,18H,6-7H2,1-2H3,(H,19,20). The largest absolute Gasteiger partial charge is 0.419 e. The molecule has 1 amide bonds. The fourth-order valence-electron chi connectivity index (χ4n) is 1.65. The Morgan fingerprint density at radius 1 is 1.38 bits per heavy atom. The first-order valence-electron chi connectivity index (χ1n) is 6.13. The molecule has 0 bridgehead atoms. The van der Waals surface area contributed by atoms with Gasteiger partial charge in [0, 0.05) is 18.8 Å². The van der Waals surface area contributed by atoms with Gasteiger partial charge in [-0.3, -0.25) is 4.79 Å². The molecule has 0 radical (unpaired) electrons. The van der Waals surface area contributed by atoms with Crippen LogP contribution in [0.5, 0.6) is 0 Å². The summed E-state index contributed by atoms with van der Waals surface area (Å²) in [6.07, 6.45) is -4.78. The highest BCUT2D eigenvalue weighted by molar-refractivity contribution is 5.80. The van der Waals surface area contributed by atoms with Crippen molar-refractivity contribution in [1.82, 2.24) is 5.32 Å². The smallest absolute Gasteiger partial charge is 0.383 e. The number of carbonyl (C=O) groups is 1. The average Bonchev–Trinajstić information content (AvgIpc) is 2.36. The average molecular weight is 308 g/mol. The highest BCUT2D eigenvalue weighted by atomic mass is 19.4. The zero-order valence-corrected chi connectivity index (χ0v) is 11.6. The Morgan fingerprint density at radius 3 is 2.62 bits per heavy atom. The van der Waals surface area contributed by atoms with Gasteiger partial charge in [0.2, 0.25) is 5.91 Å². The summed E-state index contributed by atoms with van der Waals surface area (Å²) >= 11 is 0. The minimum atomic E-state index is -4.78. The SMILES string of the molecule is COCC(C)NC(=O)CNc1ccc(F)c(C(F)(F)F)c1. The van der Waals surface area contributed by atoms with Crippen molar-refractivity contribution in [3.8, 4) is 0 Å². The highest BCUT2D eigenvalue weighted by Crippen LogP contribution is 2.32. The number of anilines is 1. The van der Waals surface area contributed by atoms with E-state index in [1.54, 1.807) is 6.92 Å². The van der Waals surface area contributed by atoms with Crippen molar-refractivity contribution >= 4 is 11.6 Å². The van der Waals surface area contributed by atoms with Crippen LogP contribution in [-0.4, -0.2) is 32.2 Å². The van der Waals surface area contributed by atoms with Crippen molar-refractivity contribution in [2.75, 3.05) is 25.6 Å². The van der Waals surface area contributed by atoms with E-state index in [0.29, 0.717) is 18.7 Å². The van der Waals surface area contributed by atoms with Crippen LogP contribution >= 0.6 is 0 Å². The molecule has 8 heteroatoms. The first-order valence-corrected chi connectivity index (χ1v) is 6.13. The van der Waals surface area contributed by atoms with Gasteiger partial charge < -0.3 is 15.4 Å². The fraction of sp³-hybridized carbons (Fsp3) is 0.462. The van der Waals surface area contributed by atoms with Gasteiger partial charge in [-0.2, -0.15) is 13.2 Å². The number of carbonyl (C=O) groups excluding carboxylic acids is 1. The predicted molar refractivity (Wildman–Crippen MR) is 69.4 cm³/mol. The number of amides is 1. The lowest BCUT2D eigenvalue weighted by Crippen LogP contribution is -2.39. The minimum absolute atomic E-state index is 0.0123. The Hall–Kier alpha value is -1.83. The summed E-state index contributed by atoms with van der Waals surface area (Å²) in [5, 5.41) is 5.10. The van der Waals surface area contributed by atoms with Crippen molar-refractivity contribution in [2.24, 2.45) is 0 Å². The van der Waals surface area contributed by atoms with Crippen LogP contribution in [0.3, 0.4) is 0 Å². The molecule has 1 aromatic rings. The first-order chi connectivity index (χ1) is 9.74. The van der Waals surface area contributed by atoms with E-state index < -0.39 is 23.5 Å². The van der Waals surface area contributed by atoms with E-state index in [1.165, 1.54) is 7.11 Å². The number of hydrogen-bond acceptors (Lipinski definition) is 3. The Balaban J connectivity index is 2.62. The fourth-order valence-corrected chi connectivity index (χ4v) is 1.65. The zero-order chi connectivity index (χ0) is 16.0. The van der Waals surface area contributed by atoms with Crippen LogP contribution in [0.15, 0.2) is 18.2 Å². The van der Waals surface area contributed by atoms with E-state index in [4.69, 9.17) is 4.74 Å². The summed E-state index contributed by atoms with van der Waals surface area (Å²) in [6.45, 7) is 1.82. The summed E-state index contributed by atoms with van der Waals surface area (Å²) in [6, 6.07) is 2.25. The third kappa shape index (κ3) is 5.58. The zero-order valence-electron chi connectivity index (χ0n) is 11.6. The molecular weight excluding hydrogens is 292 g/mol. The molecule has 1 unspecified atom stereocenters. The van der Waals surface area contributed by atoms with Gasteiger partial charge in [-0.05, 0) is 25.1 Å². The molecule has 0 saturated heterocycles. The molecule has 0 heterocycles. The van der Waals surface area contributed by atoms with Crippen molar-refractivity contribution in [1.29, 1.82) is 0 Å². The number of rotatable bonds is 6. The van der Waals surface area contributed by atoms with Crippen LogP contribution in [0, 0.1) is 5.82 Å². The van der Waals surface area contributed by atoms with Gasteiger partial charge in [0.05, 0.1) is 18.7 Å². The molecule has 0 aromatic heterocycles. The van der Waals surface area contributed by atoms with Crippen LogP contribution in [0.4, 0.5) is 23.2 Å². The van der Waals surface area contributed by atoms with E-state index in [9.17, 15) is 22.4 Å². The van der Waals surface area contributed by atoms with E-state index in [2.05, 4.69) is 10.6 Å². The van der Waals surface area contributed by atoms with Gasteiger partial charge in [0.25, 0.3) is 0 Å². The molecular formula is C13H16F4N2O2. The highest BCUT2D eigenvalue weighted by Gasteiger charge is 2.34. The lowest BCUT2D eigenvalue weighted by molar-refractivity contribution is -0.139. The second-order valence-electron chi connectivity index (χ2n) is 4.47. The second-order valence-corrected chi connectivity index (χ2v) is 4.47. The topological polar surface area (TPSA) is 50.4 Å². The number of halogens is 4. The number of ether oxygens (including phenoxy) is 1. The second kappa shape index (κ2) is 7.26. The van der Waals surface area contributed by atoms with Crippen LogP contribution in [0.25, 0.3) is 0 Å². The minimum Gasteiger partial charge on any atom is -0.383 e. The van der Waals surface area contributed by atoms with E-state index in [1.807, 2.05) is 0 Å². The first kappa shape index (κ1) is 17.2. The Bertz CT molecular complexity index is 492. The molecule has 0 aliphatic rings. The summed E-state index contributed by atoms with van der Waals surface area (Å²) < 4.78 is 55.5. The number of methoxy groups -OCH3 is 1. The van der Waals surface area contributed by atoms with Crippen LogP contribution in [0.1, 0.15) is 12.5 Å². The summed E-state index contributed by atoms with van der Waals surface area (Å²) in [4.78, 5) is 11.5. The maximum absolute atomic E-state index is 13.1. The molecule has 1 rings (SSSR count). The van der Waals surface area contributed by atoms with Crippen molar-refractivity contribution in [2.45, 2.75) is 19.1 Å². The third-order valence-electron chi connectivity index (χ3n) is 2.55. The molecule has 0 aliphatic heterocycles. The molecule has 0 spiro atoms. The van der Waals surface area contributed by atoms with Crippen molar-refractivity contribution in [3.05, 3.63) is 29.6 Å². The normalized spacial score (nSPS) is 12.9. The predicted octanol–water partition coefficient (Wildman–Crippen LogP) is 2.41. The molecule has 0 fully saturated rings. The van der Waals surface area contributed by atoms with Gasteiger partial charge in [0.15, 0.2) is 0 Å². The van der Waals surface area contributed by atoms with E-state index >= 15 is 0 Å². The van der Waals surface area contributed by atoms with Gasteiger partial charge in [-0.1, -0.05) is 0 Å². The molecule has 2 N–H and O–H groups in total. The number of nitrogens with one attached hydrogen (secondary N) is 2. The summed E-state index contributed by atoms with van der Waals surface area (Å²) in [7, 11) is 1.48. The molecule has 118 valence electrons. The Kier molecular flexibility index (Phi) is 5.95. The quantitative estimate of drug-likeness (QED) is 0.794. The van der Waals surface area contributed by atoms with Gasteiger partial charge in [-0.15, -0.1) is 0 Å². The lowest BCUT2D eigenvalue weighted by atomic mass is 10.2. The summed E-state index contributed by atoms with van der Waals surface area (Å²) in [5.41, 5.74) is -1.36. The van der Waals surface area contributed by atoms with Gasteiger partial charge in [-0.25, -0.2) is 4.39 Å². The van der Waals surface area contributed by atoms with Crippen LogP contribution in [-0.2, 0) is 15.7 Å².